The van der Waals surface area contributed by atoms with Crippen molar-refractivity contribution >= 4 is 15.5 Å². The summed E-state index contributed by atoms with van der Waals surface area (Å²) in [5.41, 5.74) is 7.31. The highest BCUT2D eigenvalue weighted by Crippen LogP contribution is 2.20. The molecule has 1 aromatic carbocycles. The molecular weight excluding hydrogens is 354 g/mol. The fourth-order valence-corrected chi connectivity index (χ4v) is 4.82. The van der Waals surface area contributed by atoms with E-state index in [1.54, 1.807) is 18.2 Å². The van der Waals surface area contributed by atoms with Gasteiger partial charge in [0.2, 0.25) is 0 Å². The summed E-state index contributed by atoms with van der Waals surface area (Å²) < 4.78 is 24.7. The molecule has 0 heterocycles. The quantitative estimate of drug-likeness (QED) is 0.246. The average Bonchev–Trinajstić information content (AvgIpc) is 2.64. The lowest BCUT2D eigenvalue weighted by molar-refractivity contribution is 0.537. The maximum Gasteiger partial charge on any atom is 0.178 e. The first-order chi connectivity index (χ1) is 13.0. The van der Waals surface area contributed by atoms with E-state index >= 15 is 0 Å². The van der Waals surface area contributed by atoms with Crippen LogP contribution in [-0.2, 0) is 9.84 Å². The van der Waals surface area contributed by atoms with Gasteiger partial charge in [-0.15, -0.1) is 0 Å². The largest absolute Gasteiger partial charge is 0.398 e. The van der Waals surface area contributed by atoms with Crippen LogP contribution in [0.5, 0.6) is 0 Å². The Bertz CT molecular complexity index is 611. The second-order valence-electron chi connectivity index (χ2n) is 7.93. The number of hydrogen-bond donors (Lipinski definition) is 1. The minimum Gasteiger partial charge on any atom is -0.398 e. The van der Waals surface area contributed by atoms with Gasteiger partial charge in [0.25, 0.3) is 0 Å². The number of nitrogens with two attached hydrogens (primary N) is 1. The van der Waals surface area contributed by atoms with Crippen molar-refractivity contribution in [2.45, 2.75) is 109 Å². The van der Waals surface area contributed by atoms with E-state index in [1.165, 1.54) is 70.6 Å². The zero-order valence-corrected chi connectivity index (χ0v) is 18.5. The van der Waals surface area contributed by atoms with Crippen molar-refractivity contribution in [2.75, 3.05) is 11.5 Å². The van der Waals surface area contributed by atoms with Crippen molar-refractivity contribution in [2.24, 2.45) is 0 Å². The highest BCUT2D eigenvalue weighted by molar-refractivity contribution is 7.91. The summed E-state index contributed by atoms with van der Waals surface area (Å²) in [5.74, 6) is 0.230. The fourth-order valence-electron chi connectivity index (χ4n) is 3.42. The molecule has 1 aromatic rings. The van der Waals surface area contributed by atoms with Crippen LogP contribution in [0.3, 0.4) is 0 Å². The normalized spacial score (nSPS) is 11.8. The Morgan fingerprint density at radius 1 is 0.741 bits per heavy atom. The number of sulfone groups is 1. The lowest BCUT2D eigenvalue weighted by Crippen LogP contribution is -2.07. The number of unbranched alkanes of at least 4 members (excludes halogenated alkanes) is 13. The number of aryl methyl sites for hydroxylation is 1. The summed E-state index contributed by atoms with van der Waals surface area (Å²) in [7, 11) is -3.20. The molecule has 0 aliphatic carbocycles. The van der Waals surface area contributed by atoms with Gasteiger partial charge in [-0.1, -0.05) is 96.5 Å². The van der Waals surface area contributed by atoms with Gasteiger partial charge < -0.3 is 5.73 Å². The Morgan fingerprint density at radius 2 is 1.19 bits per heavy atom. The molecule has 27 heavy (non-hydrogen) atoms. The van der Waals surface area contributed by atoms with Gasteiger partial charge in [0.1, 0.15) is 0 Å². The van der Waals surface area contributed by atoms with Gasteiger partial charge in [-0.25, -0.2) is 8.42 Å². The molecule has 156 valence electrons. The first-order valence-corrected chi connectivity index (χ1v) is 12.7. The van der Waals surface area contributed by atoms with Crippen molar-refractivity contribution in [3.8, 4) is 0 Å². The van der Waals surface area contributed by atoms with Gasteiger partial charge >= 0.3 is 0 Å². The highest BCUT2D eigenvalue weighted by Gasteiger charge is 2.14. The average molecular weight is 396 g/mol. The van der Waals surface area contributed by atoms with E-state index in [-0.39, 0.29) is 5.75 Å². The van der Waals surface area contributed by atoms with Crippen molar-refractivity contribution < 1.29 is 8.42 Å². The van der Waals surface area contributed by atoms with Crippen molar-refractivity contribution in [1.29, 1.82) is 0 Å². The van der Waals surface area contributed by atoms with Crippen LogP contribution >= 0.6 is 0 Å². The summed E-state index contributed by atoms with van der Waals surface area (Å²) in [6.45, 7) is 4.15. The van der Waals surface area contributed by atoms with Crippen LogP contribution in [-0.4, -0.2) is 14.2 Å². The molecule has 0 spiro atoms. The number of benzene rings is 1. The van der Waals surface area contributed by atoms with Gasteiger partial charge in [0.05, 0.1) is 10.6 Å². The van der Waals surface area contributed by atoms with E-state index in [9.17, 15) is 8.42 Å². The van der Waals surface area contributed by atoms with Crippen LogP contribution in [0.2, 0.25) is 0 Å². The minimum atomic E-state index is -3.20. The van der Waals surface area contributed by atoms with E-state index in [1.807, 2.05) is 6.92 Å². The second-order valence-corrected chi connectivity index (χ2v) is 10.0. The van der Waals surface area contributed by atoms with Gasteiger partial charge in [-0.2, -0.15) is 0 Å². The molecule has 0 aliphatic rings. The lowest BCUT2D eigenvalue weighted by atomic mass is 10.0. The molecule has 0 aromatic heterocycles. The number of rotatable bonds is 16. The molecule has 0 unspecified atom stereocenters. The molecule has 0 fully saturated rings. The molecule has 0 aliphatic heterocycles. The SMILES string of the molecule is CCCCCCCCCCCCCCCCS(=O)(=O)c1ccc(C)c(N)c1. The first-order valence-electron chi connectivity index (χ1n) is 11.1. The van der Waals surface area contributed by atoms with Gasteiger partial charge in [-0.3, -0.25) is 0 Å². The predicted octanol–water partition coefficient (Wildman–Crippen LogP) is 6.83. The molecular formula is C23H41NO2S. The van der Waals surface area contributed by atoms with Crippen molar-refractivity contribution in [3.05, 3.63) is 23.8 Å². The Hall–Kier alpha value is -1.03. The summed E-state index contributed by atoms with van der Waals surface area (Å²) in [6, 6.07) is 5.05. The van der Waals surface area contributed by atoms with Crippen molar-refractivity contribution in [1.82, 2.24) is 0 Å². The zero-order chi connectivity index (χ0) is 20.0. The highest BCUT2D eigenvalue weighted by atomic mass is 32.2. The van der Waals surface area contributed by atoms with E-state index in [0.717, 1.165) is 24.8 Å². The number of nitrogen functional groups attached to an aromatic ring is 1. The van der Waals surface area contributed by atoms with Gasteiger partial charge in [0, 0.05) is 5.69 Å². The van der Waals surface area contributed by atoms with E-state index < -0.39 is 9.84 Å². The Kier molecular flexibility index (Phi) is 12.5. The van der Waals surface area contributed by atoms with Gasteiger partial charge in [-0.05, 0) is 31.0 Å². The molecule has 3 nitrogen and oxygen atoms in total. The van der Waals surface area contributed by atoms with Crippen LogP contribution in [0.15, 0.2) is 23.1 Å². The third-order valence-electron chi connectivity index (χ3n) is 5.38. The lowest BCUT2D eigenvalue weighted by Gasteiger charge is -2.07. The smallest absolute Gasteiger partial charge is 0.178 e. The number of hydrogen-bond acceptors (Lipinski definition) is 3. The Morgan fingerprint density at radius 3 is 1.63 bits per heavy atom. The monoisotopic (exact) mass is 395 g/mol. The van der Waals surface area contributed by atoms with E-state index in [0.29, 0.717) is 10.6 Å². The predicted molar refractivity (Wildman–Crippen MR) is 118 cm³/mol. The topological polar surface area (TPSA) is 60.2 Å². The molecule has 0 saturated carbocycles. The maximum absolute atomic E-state index is 12.4. The Labute approximate surface area is 168 Å². The van der Waals surface area contributed by atoms with Gasteiger partial charge in [0.15, 0.2) is 9.84 Å². The summed E-state index contributed by atoms with van der Waals surface area (Å²) in [5, 5.41) is 0. The van der Waals surface area contributed by atoms with E-state index in [2.05, 4.69) is 6.92 Å². The standard InChI is InChI=1S/C23H41NO2S/c1-3-4-5-6-7-8-9-10-11-12-13-14-15-16-19-27(25,26)22-18-17-21(2)23(24)20-22/h17-18,20H,3-16,19,24H2,1-2H3. The first kappa shape index (κ1) is 24.0. The summed E-state index contributed by atoms with van der Waals surface area (Å²) in [4.78, 5) is 0.361. The van der Waals surface area contributed by atoms with E-state index in [4.69, 9.17) is 5.73 Å². The third kappa shape index (κ3) is 10.8. The molecule has 4 heteroatoms. The fraction of sp³-hybridized carbons (Fsp3) is 0.739. The summed E-state index contributed by atoms with van der Waals surface area (Å²) >= 11 is 0. The van der Waals surface area contributed by atoms with Crippen LogP contribution in [0, 0.1) is 6.92 Å². The van der Waals surface area contributed by atoms with Crippen LogP contribution in [0.4, 0.5) is 5.69 Å². The van der Waals surface area contributed by atoms with Crippen LogP contribution in [0.25, 0.3) is 0 Å². The molecule has 1 rings (SSSR count). The third-order valence-corrected chi connectivity index (χ3v) is 7.17. The zero-order valence-electron chi connectivity index (χ0n) is 17.6. The van der Waals surface area contributed by atoms with Crippen molar-refractivity contribution in [3.63, 3.8) is 0 Å². The Balaban J connectivity index is 2.00. The minimum absolute atomic E-state index is 0.230. The molecule has 0 amide bonds. The van der Waals surface area contributed by atoms with Crippen LogP contribution in [0.1, 0.15) is 102 Å². The summed E-state index contributed by atoms with van der Waals surface area (Å²) in [6.07, 6.45) is 17.8. The second kappa shape index (κ2) is 14.0. The molecule has 0 saturated heterocycles. The van der Waals surface area contributed by atoms with Crippen LogP contribution < -0.4 is 5.73 Å². The molecule has 0 atom stereocenters. The molecule has 0 bridgehead atoms. The molecule has 2 N–H and O–H groups in total. The molecule has 0 radical (unpaired) electrons. The maximum atomic E-state index is 12.4. The number of anilines is 1.